The van der Waals surface area contributed by atoms with E-state index in [1.165, 1.54) is 30.3 Å². The lowest BCUT2D eigenvalue weighted by atomic mass is 10.2. The summed E-state index contributed by atoms with van der Waals surface area (Å²) in [5.41, 5.74) is -0.0406. The smallest absolute Gasteiger partial charge is 0.339 e. The third kappa shape index (κ3) is 4.35. The standard InChI is InChI=1S/C15H11BrClFO4/c16-13-8-9(17)7-12(15(19)20)14(13)22-6-5-21-11-3-1-10(18)2-4-11/h1-4,7-8H,5-6H2,(H,19,20). The van der Waals surface area contributed by atoms with E-state index in [0.29, 0.717) is 15.2 Å². The van der Waals surface area contributed by atoms with Crippen molar-refractivity contribution in [2.75, 3.05) is 13.2 Å². The number of halogens is 3. The Hall–Kier alpha value is -1.79. The third-order valence-electron chi connectivity index (χ3n) is 2.65. The van der Waals surface area contributed by atoms with Gasteiger partial charge in [0.25, 0.3) is 0 Å². The lowest BCUT2D eigenvalue weighted by Gasteiger charge is -2.12. The van der Waals surface area contributed by atoms with Crippen molar-refractivity contribution in [2.45, 2.75) is 0 Å². The summed E-state index contributed by atoms with van der Waals surface area (Å²) < 4.78 is 24.0. The average molecular weight is 390 g/mol. The Labute approximate surface area is 139 Å². The normalized spacial score (nSPS) is 10.3. The van der Waals surface area contributed by atoms with E-state index in [4.69, 9.17) is 26.2 Å². The van der Waals surface area contributed by atoms with Crippen LogP contribution in [0.2, 0.25) is 5.02 Å². The molecule has 2 aromatic carbocycles. The highest BCUT2D eigenvalue weighted by molar-refractivity contribution is 9.10. The Morgan fingerprint density at radius 3 is 2.45 bits per heavy atom. The van der Waals surface area contributed by atoms with E-state index in [2.05, 4.69) is 15.9 Å². The van der Waals surface area contributed by atoms with Gasteiger partial charge in [-0.25, -0.2) is 9.18 Å². The van der Waals surface area contributed by atoms with Crippen LogP contribution in [0.25, 0.3) is 0 Å². The van der Waals surface area contributed by atoms with Crippen LogP contribution in [0.3, 0.4) is 0 Å². The lowest BCUT2D eigenvalue weighted by molar-refractivity contribution is 0.0691. The van der Waals surface area contributed by atoms with Crippen LogP contribution < -0.4 is 9.47 Å². The lowest BCUT2D eigenvalue weighted by Crippen LogP contribution is -2.11. The summed E-state index contributed by atoms with van der Waals surface area (Å²) in [6.07, 6.45) is 0. The van der Waals surface area contributed by atoms with Crippen molar-refractivity contribution < 1.29 is 23.8 Å². The zero-order valence-corrected chi connectivity index (χ0v) is 13.5. The number of carboxylic acids is 1. The molecular weight excluding hydrogens is 379 g/mol. The Morgan fingerprint density at radius 2 is 1.82 bits per heavy atom. The van der Waals surface area contributed by atoms with Gasteiger partial charge in [-0.2, -0.15) is 0 Å². The molecule has 1 N–H and O–H groups in total. The molecule has 0 unspecified atom stereocenters. The van der Waals surface area contributed by atoms with Gasteiger partial charge in [0.05, 0.1) is 4.47 Å². The first-order chi connectivity index (χ1) is 10.5. The monoisotopic (exact) mass is 388 g/mol. The average Bonchev–Trinajstić information content (AvgIpc) is 2.46. The van der Waals surface area contributed by atoms with Gasteiger partial charge in [-0.15, -0.1) is 0 Å². The molecule has 0 saturated heterocycles. The van der Waals surface area contributed by atoms with E-state index in [-0.39, 0.29) is 30.3 Å². The van der Waals surface area contributed by atoms with Gasteiger partial charge in [0, 0.05) is 5.02 Å². The zero-order valence-electron chi connectivity index (χ0n) is 11.2. The zero-order chi connectivity index (χ0) is 16.1. The van der Waals surface area contributed by atoms with E-state index in [1.807, 2.05) is 0 Å². The molecule has 0 saturated carbocycles. The molecule has 0 bridgehead atoms. The molecule has 0 amide bonds. The molecule has 0 aromatic heterocycles. The molecule has 0 radical (unpaired) electrons. The molecule has 0 atom stereocenters. The summed E-state index contributed by atoms with van der Waals surface area (Å²) in [6.45, 7) is 0.303. The van der Waals surface area contributed by atoms with Crippen LogP contribution in [-0.2, 0) is 0 Å². The molecule has 0 fully saturated rings. The van der Waals surface area contributed by atoms with Gasteiger partial charge in [0.15, 0.2) is 0 Å². The number of rotatable bonds is 6. The highest BCUT2D eigenvalue weighted by Crippen LogP contribution is 2.32. The minimum atomic E-state index is -1.14. The number of benzene rings is 2. The topological polar surface area (TPSA) is 55.8 Å². The minimum Gasteiger partial charge on any atom is -0.490 e. The second-order valence-electron chi connectivity index (χ2n) is 4.22. The van der Waals surface area contributed by atoms with E-state index in [0.717, 1.165) is 0 Å². The largest absolute Gasteiger partial charge is 0.490 e. The molecule has 4 nitrogen and oxygen atoms in total. The predicted octanol–water partition coefficient (Wildman–Crippen LogP) is 4.40. The number of carboxylic acid groups (broad SMARTS) is 1. The van der Waals surface area contributed by atoms with Crippen LogP contribution in [0.1, 0.15) is 10.4 Å². The van der Waals surface area contributed by atoms with Crippen LogP contribution in [0.5, 0.6) is 11.5 Å². The number of aromatic carboxylic acids is 1. The predicted molar refractivity (Wildman–Crippen MR) is 83.5 cm³/mol. The van der Waals surface area contributed by atoms with Gasteiger partial charge in [-0.05, 0) is 52.3 Å². The number of hydrogen-bond donors (Lipinski definition) is 1. The van der Waals surface area contributed by atoms with Gasteiger partial charge in [-0.1, -0.05) is 11.6 Å². The van der Waals surface area contributed by atoms with E-state index in [9.17, 15) is 9.18 Å². The van der Waals surface area contributed by atoms with Crippen LogP contribution in [-0.4, -0.2) is 24.3 Å². The Morgan fingerprint density at radius 1 is 1.18 bits per heavy atom. The molecule has 116 valence electrons. The molecule has 2 rings (SSSR count). The van der Waals surface area contributed by atoms with Crippen LogP contribution >= 0.6 is 27.5 Å². The van der Waals surface area contributed by atoms with Crippen molar-refractivity contribution in [3.63, 3.8) is 0 Å². The summed E-state index contributed by atoms with van der Waals surface area (Å²) >= 11 is 9.03. The maximum absolute atomic E-state index is 12.7. The molecule has 0 aliphatic carbocycles. The number of ether oxygens (including phenoxy) is 2. The number of carbonyl (C=O) groups is 1. The van der Waals surface area contributed by atoms with Crippen molar-refractivity contribution in [1.82, 2.24) is 0 Å². The molecule has 2 aromatic rings. The first-order valence-corrected chi connectivity index (χ1v) is 7.38. The second-order valence-corrected chi connectivity index (χ2v) is 5.51. The van der Waals surface area contributed by atoms with Crippen molar-refractivity contribution in [1.29, 1.82) is 0 Å². The second kappa shape index (κ2) is 7.47. The maximum atomic E-state index is 12.7. The molecule has 22 heavy (non-hydrogen) atoms. The van der Waals surface area contributed by atoms with E-state index >= 15 is 0 Å². The summed E-state index contributed by atoms with van der Waals surface area (Å²) in [5.74, 6) is -0.810. The molecule has 0 spiro atoms. The van der Waals surface area contributed by atoms with Gasteiger partial charge >= 0.3 is 5.97 Å². The van der Waals surface area contributed by atoms with Crippen molar-refractivity contribution in [3.05, 3.63) is 57.3 Å². The van der Waals surface area contributed by atoms with Crippen LogP contribution in [0.4, 0.5) is 4.39 Å². The Balaban J connectivity index is 1.97. The molecule has 0 aliphatic heterocycles. The Kier molecular flexibility index (Phi) is 5.63. The maximum Gasteiger partial charge on any atom is 0.339 e. The summed E-state index contributed by atoms with van der Waals surface area (Å²) in [4.78, 5) is 11.2. The summed E-state index contributed by atoms with van der Waals surface area (Å²) in [7, 11) is 0. The van der Waals surface area contributed by atoms with E-state index < -0.39 is 5.97 Å². The van der Waals surface area contributed by atoms with E-state index in [1.54, 1.807) is 6.07 Å². The molecule has 0 aliphatic rings. The molecule has 7 heteroatoms. The fraction of sp³-hybridized carbons (Fsp3) is 0.133. The van der Waals surface area contributed by atoms with Crippen LogP contribution in [0, 0.1) is 5.82 Å². The summed E-state index contributed by atoms with van der Waals surface area (Å²) in [5, 5.41) is 9.44. The highest BCUT2D eigenvalue weighted by atomic mass is 79.9. The first kappa shape index (κ1) is 16.6. The van der Waals surface area contributed by atoms with Crippen molar-refractivity contribution in [2.24, 2.45) is 0 Å². The highest BCUT2D eigenvalue weighted by Gasteiger charge is 2.16. The van der Waals surface area contributed by atoms with Gasteiger partial charge in [-0.3, -0.25) is 0 Å². The first-order valence-electron chi connectivity index (χ1n) is 6.21. The fourth-order valence-corrected chi connectivity index (χ4v) is 2.62. The molecule has 0 heterocycles. The Bertz CT molecular complexity index is 676. The minimum absolute atomic E-state index is 0.0406. The quantitative estimate of drug-likeness (QED) is 0.744. The van der Waals surface area contributed by atoms with Gasteiger partial charge < -0.3 is 14.6 Å². The molecular formula is C15H11BrClFO4. The SMILES string of the molecule is O=C(O)c1cc(Cl)cc(Br)c1OCCOc1ccc(F)cc1. The fourth-order valence-electron chi connectivity index (χ4n) is 1.70. The van der Waals surface area contributed by atoms with Crippen molar-refractivity contribution in [3.8, 4) is 11.5 Å². The van der Waals surface area contributed by atoms with Crippen molar-refractivity contribution >= 4 is 33.5 Å². The summed E-state index contributed by atoms with van der Waals surface area (Å²) in [6, 6.07) is 8.42. The number of hydrogen-bond acceptors (Lipinski definition) is 3. The third-order valence-corrected chi connectivity index (χ3v) is 3.46. The van der Waals surface area contributed by atoms with Gasteiger partial charge in [0.2, 0.25) is 0 Å². The van der Waals surface area contributed by atoms with Gasteiger partial charge in [0.1, 0.15) is 36.1 Å². The van der Waals surface area contributed by atoms with Crippen LogP contribution in [0.15, 0.2) is 40.9 Å².